The van der Waals surface area contributed by atoms with Gasteiger partial charge in [0.05, 0.1) is 27.7 Å². The summed E-state index contributed by atoms with van der Waals surface area (Å²) in [5.74, 6) is -0.908. The van der Waals surface area contributed by atoms with E-state index in [-0.39, 0.29) is 32.7 Å². The van der Waals surface area contributed by atoms with Crippen LogP contribution in [0.2, 0.25) is 0 Å². The van der Waals surface area contributed by atoms with Crippen LogP contribution < -0.4 is 0 Å². The number of quaternary nitrogens is 1. The summed E-state index contributed by atoms with van der Waals surface area (Å²) in [6.45, 7) is 2.20. The van der Waals surface area contributed by atoms with Gasteiger partial charge in [0.15, 0.2) is 6.10 Å². The summed E-state index contributed by atoms with van der Waals surface area (Å²) < 4.78 is 34.2. The van der Waals surface area contributed by atoms with E-state index in [9.17, 15) is 19.0 Å². The van der Waals surface area contributed by atoms with E-state index in [1.54, 1.807) is 0 Å². The highest BCUT2D eigenvalue weighted by Crippen LogP contribution is 2.43. The molecule has 0 rings (SSSR count). The van der Waals surface area contributed by atoms with Crippen LogP contribution >= 0.6 is 7.82 Å². The van der Waals surface area contributed by atoms with Crippen molar-refractivity contribution in [2.24, 2.45) is 0 Å². The Morgan fingerprint density at radius 3 is 1.56 bits per heavy atom. The van der Waals surface area contributed by atoms with Crippen molar-refractivity contribution in [3.63, 3.8) is 0 Å². The summed E-state index contributed by atoms with van der Waals surface area (Å²) in [7, 11) is 1.40. The van der Waals surface area contributed by atoms with Crippen molar-refractivity contribution < 1.29 is 47.2 Å². The maximum Gasteiger partial charge on any atom is 0.472 e. The molecule has 0 aliphatic carbocycles. The number of aliphatic hydroxyl groups is 1. The van der Waals surface area contributed by atoms with Crippen molar-refractivity contribution in [2.45, 2.75) is 141 Å². The second kappa shape index (κ2) is 38.7. The number of unbranched alkanes of at least 4 members (excludes halogenated alkanes) is 9. The van der Waals surface area contributed by atoms with Crippen molar-refractivity contribution in [3.05, 3.63) is 85.1 Å². The summed E-state index contributed by atoms with van der Waals surface area (Å²) in [4.78, 5) is 35.3. The number of rotatable bonds is 38. The molecule has 2 N–H and O–H groups in total. The molecule has 0 amide bonds. The minimum absolute atomic E-state index is 0.0102. The third-order valence-corrected chi connectivity index (χ3v) is 9.45. The van der Waals surface area contributed by atoms with Crippen LogP contribution in [0.5, 0.6) is 0 Å². The van der Waals surface area contributed by atoms with Gasteiger partial charge in [0.1, 0.15) is 19.8 Å². The Morgan fingerprint density at radius 1 is 0.579 bits per heavy atom. The SMILES string of the molecule is CC/C=C\C/C=C\C/C=C\CCCCCCCC(=O)O[C@H](COC(=O)CCC/C=C\C/C=C\C/C=C\C/C=C\CCCCCO)COP(=O)(O)OCC[N+](C)(C)C. The summed E-state index contributed by atoms with van der Waals surface area (Å²) in [5, 5.41) is 8.80. The minimum Gasteiger partial charge on any atom is -0.462 e. The molecule has 326 valence electrons. The molecule has 57 heavy (non-hydrogen) atoms. The molecule has 0 fully saturated rings. The molecule has 0 aromatic heterocycles. The summed E-state index contributed by atoms with van der Waals surface area (Å²) in [6.07, 6.45) is 46.5. The molecule has 11 heteroatoms. The van der Waals surface area contributed by atoms with Crippen LogP contribution in [0.3, 0.4) is 0 Å². The fourth-order valence-electron chi connectivity index (χ4n) is 5.12. The van der Waals surface area contributed by atoms with E-state index in [2.05, 4.69) is 85.9 Å². The quantitative estimate of drug-likeness (QED) is 0.0206. The van der Waals surface area contributed by atoms with E-state index in [0.29, 0.717) is 23.9 Å². The second-order valence-electron chi connectivity index (χ2n) is 15.1. The number of allylic oxidation sites excluding steroid dienone is 14. The number of carbonyl (C=O) groups is 2. The lowest BCUT2D eigenvalue weighted by atomic mass is 10.1. The Morgan fingerprint density at radius 2 is 1.04 bits per heavy atom. The van der Waals surface area contributed by atoms with Gasteiger partial charge >= 0.3 is 19.8 Å². The summed E-state index contributed by atoms with van der Waals surface area (Å²) in [6, 6.07) is 0. The van der Waals surface area contributed by atoms with Crippen molar-refractivity contribution in [2.75, 3.05) is 54.1 Å². The zero-order chi connectivity index (χ0) is 42.1. The number of likely N-dealkylation sites (N-methyl/N-ethyl adjacent to an activating group) is 1. The van der Waals surface area contributed by atoms with Gasteiger partial charge in [0.2, 0.25) is 0 Å². The minimum atomic E-state index is -4.40. The van der Waals surface area contributed by atoms with Crippen LogP contribution in [0.4, 0.5) is 0 Å². The van der Waals surface area contributed by atoms with Gasteiger partial charge in [-0.2, -0.15) is 0 Å². The number of phosphoric acid groups is 1. The number of carbonyl (C=O) groups excluding carboxylic acids is 2. The number of aliphatic hydroxyl groups excluding tert-OH is 1. The van der Waals surface area contributed by atoms with Crippen molar-refractivity contribution in [1.29, 1.82) is 0 Å². The van der Waals surface area contributed by atoms with Gasteiger partial charge in [-0.3, -0.25) is 18.6 Å². The van der Waals surface area contributed by atoms with E-state index >= 15 is 0 Å². The molecule has 2 atom stereocenters. The first-order valence-electron chi connectivity index (χ1n) is 21.4. The molecule has 1 unspecified atom stereocenters. The molecular weight excluding hydrogens is 741 g/mol. The lowest BCUT2D eigenvalue weighted by molar-refractivity contribution is -0.870. The zero-order valence-corrected chi connectivity index (χ0v) is 36.9. The van der Waals surface area contributed by atoms with Crippen molar-refractivity contribution in [3.8, 4) is 0 Å². The number of hydrogen-bond donors (Lipinski definition) is 2. The van der Waals surface area contributed by atoms with Gasteiger partial charge in [-0.15, -0.1) is 0 Å². The molecule has 0 aromatic rings. The predicted molar refractivity (Wildman–Crippen MR) is 235 cm³/mol. The van der Waals surface area contributed by atoms with Gasteiger partial charge in [-0.1, -0.05) is 118 Å². The molecule has 0 aliphatic rings. The maximum absolute atomic E-state index is 12.7. The Hall–Kier alpha value is -2.85. The molecule has 0 saturated carbocycles. The van der Waals surface area contributed by atoms with Crippen LogP contribution in [0, 0.1) is 0 Å². The van der Waals surface area contributed by atoms with E-state index < -0.39 is 32.5 Å². The van der Waals surface area contributed by atoms with Crippen LogP contribution in [-0.4, -0.2) is 86.6 Å². The van der Waals surface area contributed by atoms with Crippen LogP contribution in [0.1, 0.15) is 135 Å². The maximum atomic E-state index is 12.7. The Bertz CT molecular complexity index is 1250. The highest BCUT2D eigenvalue weighted by atomic mass is 31.2. The second-order valence-corrected chi connectivity index (χ2v) is 16.5. The molecule has 0 aliphatic heterocycles. The van der Waals surface area contributed by atoms with Gasteiger partial charge in [-0.05, 0) is 89.9 Å². The molecule has 0 spiro atoms. The molecule has 0 aromatic carbocycles. The van der Waals surface area contributed by atoms with Gasteiger partial charge in [-0.25, -0.2) is 4.57 Å². The number of hydrogen-bond acceptors (Lipinski definition) is 8. The third kappa shape index (κ3) is 42.6. The predicted octanol–water partition coefficient (Wildman–Crippen LogP) is 11.0. The highest BCUT2D eigenvalue weighted by molar-refractivity contribution is 7.47. The average molecular weight is 821 g/mol. The molecular formula is C46H79NO9P+. The van der Waals surface area contributed by atoms with Gasteiger partial charge in [0, 0.05) is 19.4 Å². The van der Waals surface area contributed by atoms with E-state index in [0.717, 1.165) is 103 Å². The highest BCUT2D eigenvalue weighted by Gasteiger charge is 2.27. The number of phosphoric ester groups is 1. The van der Waals surface area contributed by atoms with Gasteiger partial charge in [0.25, 0.3) is 0 Å². The van der Waals surface area contributed by atoms with E-state index in [4.69, 9.17) is 23.6 Å². The van der Waals surface area contributed by atoms with E-state index in [1.165, 1.54) is 0 Å². The van der Waals surface area contributed by atoms with Crippen LogP contribution in [-0.2, 0) is 32.7 Å². The first kappa shape index (κ1) is 54.2. The lowest BCUT2D eigenvalue weighted by Crippen LogP contribution is -2.37. The Balaban J connectivity index is 4.51. The third-order valence-electron chi connectivity index (χ3n) is 8.46. The van der Waals surface area contributed by atoms with Crippen molar-refractivity contribution >= 4 is 19.8 Å². The smallest absolute Gasteiger partial charge is 0.462 e. The largest absolute Gasteiger partial charge is 0.472 e. The summed E-state index contributed by atoms with van der Waals surface area (Å²) >= 11 is 0. The monoisotopic (exact) mass is 821 g/mol. The van der Waals surface area contributed by atoms with Crippen LogP contribution in [0.15, 0.2) is 85.1 Å². The normalized spacial score (nSPS) is 14.4. The fraction of sp³-hybridized carbons (Fsp3) is 0.652. The molecule has 0 radical (unpaired) electrons. The van der Waals surface area contributed by atoms with E-state index in [1.807, 2.05) is 27.2 Å². The van der Waals surface area contributed by atoms with Gasteiger partial charge < -0.3 is 24.0 Å². The molecule has 0 bridgehead atoms. The standard InChI is InChI=1S/C46H78NO9P/c1-5-6-7-8-9-10-11-12-16-20-23-26-29-32-35-38-46(50)56-44(43-55-57(51,52)54-41-39-47(2,3)4)42-53-45(49)37-34-31-28-25-22-19-17-14-13-15-18-21-24-27-30-33-36-40-48/h6-7,9-10,12-13,15-17,19,21,24-25,28,44,48H,5,8,11,14,18,20,22-23,26-27,29-43H2,1-4H3/p+1/b7-6-,10-9-,15-13-,16-12-,19-17-,24-21-,28-25-/t44-/m1/s1. The number of ether oxygens (including phenoxy) is 2. The first-order valence-corrected chi connectivity index (χ1v) is 22.9. The fourth-order valence-corrected chi connectivity index (χ4v) is 5.86. The zero-order valence-electron chi connectivity index (χ0n) is 36.0. The first-order chi connectivity index (χ1) is 27.5. The summed E-state index contributed by atoms with van der Waals surface area (Å²) in [5.41, 5.74) is 0. The van der Waals surface area contributed by atoms with Crippen molar-refractivity contribution in [1.82, 2.24) is 0 Å². The molecule has 10 nitrogen and oxygen atoms in total. The average Bonchev–Trinajstić information content (AvgIpc) is 3.16. The number of nitrogens with zero attached hydrogens (tertiary/aromatic N) is 1. The molecule has 0 heterocycles. The lowest BCUT2D eigenvalue weighted by Gasteiger charge is -2.24. The topological polar surface area (TPSA) is 129 Å². The number of esters is 2. The Kier molecular flexibility index (Phi) is 36.7. The van der Waals surface area contributed by atoms with Crippen LogP contribution in [0.25, 0.3) is 0 Å². The Labute approximate surface area is 346 Å². The molecule has 0 saturated heterocycles.